The highest BCUT2D eigenvalue weighted by Gasteiger charge is 2.34. The first-order valence-corrected chi connectivity index (χ1v) is 5.19. The third kappa shape index (κ3) is 3.94. The summed E-state index contributed by atoms with van der Waals surface area (Å²) in [7, 11) is 1.55. The molecule has 0 heterocycles. The predicted octanol–water partition coefficient (Wildman–Crippen LogP) is 2.82. The summed E-state index contributed by atoms with van der Waals surface area (Å²) >= 11 is 4.69. The second-order valence-corrected chi connectivity index (χ2v) is 3.95. The number of ether oxygens (including phenoxy) is 1. The van der Waals surface area contributed by atoms with Gasteiger partial charge in [0.1, 0.15) is 11.9 Å². The lowest BCUT2D eigenvalue weighted by atomic mass is 10.1. The first-order chi connectivity index (χ1) is 7.43. The second kappa shape index (κ2) is 5.46. The highest BCUT2D eigenvalue weighted by molar-refractivity contribution is 6.22. The Kier molecular flexibility index (Phi) is 4.50. The molecule has 16 heavy (non-hydrogen) atoms. The van der Waals surface area contributed by atoms with Crippen molar-refractivity contribution >= 4 is 11.6 Å². The molecule has 5 heteroatoms. The molecule has 2 nitrogen and oxygen atoms in total. The molecular weight excluding hydrogens is 238 g/mol. The van der Waals surface area contributed by atoms with Crippen LogP contribution in [0, 0.1) is 0 Å². The summed E-state index contributed by atoms with van der Waals surface area (Å²) in [6.45, 7) is 0. The molecule has 90 valence electrons. The Morgan fingerprint density at radius 2 is 1.94 bits per heavy atom. The van der Waals surface area contributed by atoms with E-state index in [4.69, 9.17) is 21.4 Å². The number of aliphatic hydroxyl groups is 1. The van der Waals surface area contributed by atoms with Crippen LogP contribution < -0.4 is 4.74 Å². The summed E-state index contributed by atoms with van der Waals surface area (Å²) in [6, 6.07) is 7.00. The van der Waals surface area contributed by atoms with Gasteiger partial charge in [0.05, 0.1) is 7.11 Å². The van der Waals surface area contributed by atoms with Gasteiger partial charge in [0, 0.05) is 0 Å². The van der Waals surface area contributed by atoms with Gasteiger partial charge < -0.3 is 9.84 Å². The van der Waals surface area contributed by atoms with E-state index < -0.39 is 11.5 Å². The number of halogens is 3. The molecule has 0 fully saturated rings. The van der Waals surface area contributed by atoms with Crippen LogP contribution in [0.1, 0.15) is 12.0 Å². The van der Waals surface area contributed by atoms with E-state index in [0.29, 0.717) is 12.2 Å². The van der Waals surface area contributed by atoms with Crippen LogP contribution in [0.5, 0.6) is 5.75 Å². The molecule has 1 atom stereocenters. The monoisotopic (exact) mass is 250 g/mol. The van der Waals surface area contributed by atoms with Gasteiger partial charge in [-0.05, 0) is 42.1 Å². The van der Waals surface area contributed by atoms with Gasteiger partial charge in [-0.2, -0.15) is 8.78 Å². The van der Waals surface area contributed by atoms with Crippen molar-refractivity contribution in [2.45, 2.75) is 24.3 Å². The van der Waals surface area contributed by atoms with Crippen LogP contribution in [-0.4, -0.2) is 23.7 Å². The van der Waals surface area contributed by atoms with E-state index in [1.165, 1.54) is 0 Å². The molecule has 0 aliphatic carbocycles. The van der Waals surface area contributed by atoms with Crippen molar-refractivity contribution < 1.29 is 18.6 Å². The van der Waals surface area contributed by atoms with E-state index in [-0.39, 0.29) is 6.42 Å². The number of methoxy groups -OCH3 is 1. The lowest BCUT2D eigenvalue weighted by Crippen LogP contribution is -2.27. The van der Waals surface area contributed by atoms with Gasteiger partial charge in [-0.1, -0.05) is 12.1 Å². The van der Waals surface area contributed by atoms with Crippen LogP contribution in [0.15, 0.2) is 24.3 Å². The topological polar surface area (TPSA) is 29.5 Å². The first-order valence-electron chi connectivity index (χ1n) is 4.81. The molecule has 0 spiro atoms. The summed E-state index contributed by atoms with van der Waals surface area (Å²) in [6.07, 6.45) is -1.56. The highest BCUT2D eigenvalue weighted by atomic mass is 35.5. The van der Waals surface area contributed by atoms with Crippen molar-refractivity contribution in [3.05, 3.63) is 29.8 Å². The third-order valence-corrected chi connectivity index (χ3v) is 2.50. The summed E-state index contributed by atoms with van der Waals surface area (Å²) in [5.74, 6) is 0.701. The third-order valence-electron chi connectivity index (χ3n) is 2.24. The lowest BCUT2D eigenvalue weighted by Gasteiger charge is -2.15. The van der Waals surface area contributed by atoms with Crippen molar-refractivity contribution in [3.8, 4) is 5.75 Å². The molecule has 0 bridgehead atoms. The maximum absolute atomic E-state index is 12.4. The Morgan fingerprint density at radius 1 is 1.38 bits per heavy atom. The van der Waals surface area contributed by atoms with Crippen molar-refractivity contribution in [2.75, 3.05) is 7.11 Å². The number of benzene rings is 1. The maximum Gasteiger partial charge on any atom is 0.347 e. The smallest absolute Gasteiger partial charge is 0.347 e. The van der Waals surface area contributed by atoms with Crippen LogP contribution in [0.2, 0.25) is 0 Å². The molecule has 0 aliphatic heterocycles. The quantitative estimate of drug-likeness (QED) is 0.815. The first kappa shape index (κ1) is 13.2. The van der Waals surface area contributed by atoms with Gasteiger partial charge >= 0.3 is 5.38 Å². The van der Waals surface area contributed by atoms with E-state index >= 15 is 0 Å². The SMILES string of the molecule is COc1ccc(CCC(O)C(F)(F)Cl)cc1. The number of hydrogen-bond acceptors (Lipinski definition) is 2. The Morgan fingerprint density at radius 3 is 2.38 bits per heavy atom. The van der Waals surface area contributed by atoms with E-state index in [9.17, 15) is 8.78 Å². The molecule has 1 rings (SSSR count). The standard InChI is InChI=1S/C11H13ClF2O2/c1-16-9-5-2-8(3-6-9)4-7-10(15)11(12,13)14/h2-3,5-6,10,15H,4,7H2,1H3. The van der Waals surface area contributed by atoms with Gasteiger partial charge in [0.15, 0.2) is 0 Å². The number of hydrogen-bond donors (Lipinski definition) is 1. The summed E-state index contributed by atoms with van der Waals surface area (Å²) in [4.78, 5) is 0. The minimum Gasteiger partial charge on any atom is -0.497 e. The van der Waals surface area contributed by atoms with E-state index in [1.54, 1.807) is 31.4 Å². The predicted molar refractivity (Wildman–Crippen MR) is 58.1 cm³/mol. The molecule has 0 aliphatic rings. The fourth-order valence-electron chi connectivity index (χ4n) is 1.26. The van der Waals surface area contributed by atoms with Gasteiger partial charge in [0.25, 0.3) is 0 Å². The Hall–Kier alpha value is -0.870. The molecule has 1 N–H and O–H groups in total. The van der Waals surface area contributed by atoms with Crippen molar-refractivity contribution in [2.24, 2.45) is 0 Å². The molecule has 1 aromatic carbocycles. The van der Waals surface area contributed by atoms with Gasteiger partial charge in [0.2, 0.25) is 0 Å². The Balaban J connectivity index is 2.48. The molecule has 0 amide bonds. The van der Waals surface area contributed by atoms with Crippen molar-refractivity contribution in [1.82, 2.24) is 0 Å². The minimum atomic E-state index is -3.56. The molecule has 1 aromatic rings. The normalized spacial score (nSPS) is 13.6. The molecule has 0 saturated carbocycles. The maximum atomic E-state index is 12.4. The van der Waals surface area contributed by atoms with Gasteiger partial charge in [-0.15, -0.1) is 0 Å². The van der Waals surface area contributed by atoms with E-state index in [0.717, 1.165) is 5.56 Å². The van der Waals surface area contributed by atoms with Crippen LogP contribution in [0.4, 0.5) is 8.78 Å². The number of aryl methyl sites for hydroxylation is 1. The Labute approximate surface area is 97.8 Å². The molecular formula is C11H13ClF2O2. The average Bonchev–Trinajstić information content (AvgIpc) is 2.25. The summed E-state index contributed by atoms with van der Waals surface area (Å²) in [5.41, 5.74) is 0.848. The van der Waals surface area contributed by atoms with Crippen LogP contribution >= 0.6 is 11.6 Å². The number of alkyl halides is 3. The van der Waals surface area contributed by atoms with Crippen LogP contribution in [-0.2, 0) is 6.42 Å². The molecule has 0 radical (unpaired) electrons. The highest BCUT2D eigenvalue weighted by Crippen LogP contribution is 2.26. The van der Waals surface area contributed by atoms with Crippen molar-refractivity contribution in [1.29, 1.82) is 0 Å². The largest absolute Gasteiger partial charge is 0.497 e. The molecule has 1 unspecified atom stereocenters. The second-order valence-electron chi connectivity index (χ2n) is 3.44. The fraction of sp³-hybridized carbons (Fsp3) is 0.455. The lowest BCUT2D eigenvalue weighted by molar-refractivity contribution is -0.0440. The van der Waals surface area contributed by atoms with E-state index in [1.807, 2.05) is 0 Å². The number of rotatable bonds is 5. The van der Waals surface area contributed by atoms with Crippen LogP contribution in [0.25, 0.3) is 0 Å². The molecule has 0 saturated heterocycles. The minimum absolute atomic E-state index is 0.0805. The zero-order valence-electron chi connectivity index (χ0n) is 8.79. The summed E-state index contributed by atoms with van der Waals surface area (Å²) < 4.78 is 29.8. The zero-order valence-corrected chi connectivity index (χ0v) is 9.55. The van der Waals surface area contributed by atoms with Gasteiger partial charge in [-0.25, -0.2) is 0 Å². The Bertz CT molecular complexity index is 322. The van der Waals surface area contributed by atoms with E-state index in [2.05, 4.69) is 0 Å². The van der Waals surface area contributed by atoms with Crippen molar-refractivity contribution in [3.63, 3.8) is 0 Å². The average molecular weight is 251 g/mol. The fourth-order valence-corrected chi connectivity index (χ4v) is 1.37. The van der Waals surface area contributed by atoms with Gasteiger partial charge in [-0.3, -0.25) is 0 Å². The van der Waals surface area contributed by atoms with Crippen LogP contribution in [0.3, 0.4) is 0 Å². The molecule has 0 aromatic heterocycles. The zero-order chi connectivity index (χ0) is 12.2. The summed E-state index contributed by atoms with van der Waals surface area (Å²) in [5, 5.41) is 5.48. The number of aliphatic hydroxyl groups excluding tert-OH is 1.